The number of oxime groups is 1. The van der Waals surface area contributed by atoms with E-state index in [-0.39, 0.29) is 12.5 Å². The zero-order chi connectivity index (χ0) is 19.6. The number of carbonyl (C=O) groups is 1. The van der Waals surface area contributed by atoms with Gasteiger partial charge in [-0.25, -0.2) is 5.01 Å². The zero-order valence-corrected chi connectivity index (χ0v) is 16.3. The second kappa shape index (κ2) is 7.54. The zero-order valence-electron chi connectivity index (χ0n) is 16.3. The van der Waals surface area contributed by atoms with Gasteiger partial charge in [-0.3, -0.25) is 10.2 Å². The number of hydrogen-bond donors (Lipinski definition) is 1. The summed E-state index contributed by atoms with van der Waals surface area (Å²) < 4.78 is 5.59. The van der Waals surface area contributed by atoms with E-state index in [2.05, 4.69) is 42.6 Å². The summed E-state index contributed by atoms with van der Waals surface area (Å²) in [5.41, 5.74) is 5.60. The highest BCUT2D eigenvalue weighted by molar-refractivity contribution is 6.00. The van der Waals surface area contributed by atoms with E-state index in [1.54, 1.807) is 0 Å². The molecule has 1 N–H and O–H groups in total. The molecular formula is C22H25N3O3. The fraction of sp³-hybridized carbons (Fsp3) is 0.364. The molecule has 1 aliphatic heterocycles. The number of nitrogens with one attached hydrogen (secondary N) is 1. The van der Waals surface area contributed by atoms with Crippen molar-refractivity contribution in [2.24, 2.45) is 5.16 Å². The number of hydrazine groups is 1. The van der Waals surface area contributed by atoms with E-state index < -0.39 is 5.72 Å². The maximum absolute atomic E-state index is 12.6. The molecule has 6 heteroatoms. The van der Waals surface area contributed by atoms with E-state index in [4.69, 9.17) is 9.57 Å². The van der Waals surface area contributed by atoms with E-state index in [1.165, 1.54) is 0 Å². The van der Waals surface area contributed by atoms with Gasteiger partial charge in [-0.15, -0.1) is 0 Å². The van der Waals surface area contributed by atoms with Crippen LogP contribution in [0.1, 0.15) is 42.4 Å². The molecule has 1 heterocycles. The third-order valence-corrected chi connectivity index (χ3v) is 5.14. The van der Waals surface area contributed by atoms with Crippen molar-refractivity contribution in [3.05, 3.63) is 65.2 Å². The van der Waals surface area contributed by atoms with Crippen molar-refractivity contribution in [2.45, 2.75) is 45.3 Å². The Balaban J connectivity index is 1.53. The first-order valence-electron chi connectivity index (χ1n) is 9.68. The van der Waals surface area contributed by atoms with Crippen LogP contribution in [-0.4, -0.2) is 29.1 Å². The summed E-state index contributed by atoms with van der Waals surface area (Å²) in [5.74, 6) is 1.06. The van der Waals surface area contributed by atoms with Gasteiger partial charge < -0.3 is 9.57 Å². The van der Waals surface area contributed by atoms with E-state index >= 15 is 0 Å². The molecule has 1 spiro atoms. The van der Waals surface area contributed by atoms with Gasteiger partial charge in [0.1, 0.15) is 5.75 Å². The lowest BCUT2D eigenvalue weighted by atomic mass is 10.1. The molecule has 2 aliphatic rings. The number of aryl methyl sites for hydroxylation is 2. The Labute approximate surface area is 165 Å². The number of hydrogen-bond acceptors (Lipinski definition) is 5. The molecule has 1 saturated carbocycles. The Morgan fingerprint density at radius 3 is 2.50 bits per heavy atom. The number of benzene rings is 2. The van der Waals surface area contributed by atoms with Crippen molar-refractivity contribution in [3.8, 4) is 5.75 Å². The summed E-state index contributed by atoms with van der Waals surface area (Å²) in [6, 6.07) is 15.5. The highest BCUT2D eigenvalue weighted by Gasteiger charge is 2.49. The lowest BCUT2D eigenvalue weighted by molar-refractivity contribution is -0.142. The van der Waals surface area contributed by atoms with Gasteiger partial charge in [0.15, 0.2) is 12.4 Å². The van der Waals surface area contributed by atoms with Crippen LogP contribution in [0.2, 0.25) is 0 Å². The number of amides is 1. The number of amidine groups is 1. The molecule has 0 aromatic heterocycles. The number of ether oxygens (including phenoxy) is 1. The molecule has 28 heavy (non-hydrogen) atoms. The van der Waals surface area contributed by atoms with Crippen molar-refractivity contribution >= 4 is 11.7 Å². The Kier molecular flexibility index (Phi) is 4.94. The summed E-state index contributed by atoms with van der Waals surface area (Å²) in [6.45, 7) is 4.03. The molecule has 1 aliphatic carbocycles. The van der Waals surface area contributed by atoms with Crippen LogP contribution in [0.3, 0.4) is 0 Å². The molecule has 2 aromatic rings. The Bertz CT molecular complexity index is 869. The molecular weight excluding hydrogens is 354 g/mol. The minimum absolute atomic E-state index is 0.0727. The minimum Gasteiger partial charge on any atom is -0.484 e. The first-order valence-corrected chi connectivity index (χ1v) is 9.68. The molecule has 1 amide bonds. The van der Waals surface area contributed by atoms with Crippen LogP contribution >= 0.6 is 0 Å². The van der Waals surface area contributed by atoms with Crippen LogP contribution in [0.5, 0.6) is 5.75 Å². The molecule has 1 fully saturated rings. The maximum atomic E-state index is 12.6. The van der Waals surface area contributed by atoms with Crippen LogP contribution in [0.25, 0.3) is 0 Å². The summed E-state index contributed by atoms with van der Waals surface area (Å²) in [7, 11) is 0. The second-order valence-electron chi connectivity index (χ2n) is 7.51. The van der Waals surface area contributed by atoms with Gasteiger partial charge >= 0.3 is 0 Å². The van der Waals surface area contributed by atoms with Crippen molar-refractivity contribution in [1.82, 2.24) is 10.4 Å². The highest BCUT2D eigenvalue weighted by atomic mass is 16.7. The third kappa shape index (κ3) is 3.67. The van der Waals surface area contributed by atoms with Gasteiger partial charge in [0.2, 0.25) is 5.72 Å². The maximum Gasteiger partial charge on any atom is 0.276 e. The van der Waals surface area contributed by atoms with Crippen molar-refractivity contribution in [2.75, 3.05) is 6.61 Å². The van der Waals surface area contributed by atoms with Crippen molar-refractivity contribution in [3.63, 3.8) is 0 Å². The molecule has 6 nitrogen and oxygen atoms in total. The number of rotatable bonds is 5. The summed E-state index contributed by atoms with van der Waals surface area (Å²) in [4.78, 5) is 18.5. The van der Waals surface area contributed by atoms with Gasteiger partial charge in [0, 0.05) is 18.4 Å². The SMILES string of the molecule is Cc1cc(C)cc(C2=NOC3(CCCC3)N2NC(=O)COc2ccccc2)c1. The Hall–Kier alpha value is -3.02. The van der Waals surface area contributed by atoms with Crippen LogP contribution in [0.15, 0.2) is 53.7 Å². The van der Waals surface area contributed by atoms with E-state index in [9.17, 15) is 4.79 Å². The van der Waals surface area contributed by atoms with E-state index in [1.807, 2.05) is 35.3 Å². The van der Waals surface area contributed by atoms with Gasteiger partial charge in [-0.05, 0) is 51.0 Å². The van der Waals surface area contributed by atoms with Crippen molar-refractivity contribution < 1.29 is 14.4 Å². The Morgan fingerprint density at radius 1 is 1.14 bits per heavy atom. The normalized spacial score (nSPS) is 17.4. The molecule has 0 unspecified atom stereocenters. The summed E-state index contributed by atoms with van der Waals surface area (Å²) in [5, 5.41) is 6.17. The predicted octanol–water partition coefficient (Wildman–Crippen LogP) is 3.68. The fourth-order valence-electron chi connectivity index (χ4n) is 3.91. The second-order valence-corrected chi connectivity index (χ2v) is 7.51. The third-order valence-electron chi connectivity index (χ3n) is 5.14. The van der Waals surface area contributed by atoms with Crippen molar-refractivity contribution in [1.29, 1.82) is 0 Å². The average Bonchev–Trinajstić information content (AvgIpc) is 3.29. The molecule has 0 atom stereocenters. The van der Waals surface area contributed by atoms with E-state index in [0.717, 1.165) is 42.4 Å². The molecule has 0 bridgehead atoms. The number of carbonyl (C=O) groups excluding carboxylic acids is 1. The summed E-state index contributed by atoms with van der Waals surface area (Å²) in [6.07, 6.45) is 3.74. The van der Waals surface area contributed by atoms with Crippen LogP contribution in [0, 0.1) is 13.8 Å². The van der Waals surface area contributed by atoms with Gasteiger partial charge in [0.05, 0.1) is 0 Å². The Morgan fingerprint density at radius 2 is 1.82 bits per heavy atom. The first-order chi connectivity index (χ1) is 13.6. The molecule has 0 radical (unpaired) electrons. The van der Waals surface area contributed by atoms with Crippen LogP contribution in [0.4, 0.5) is 0 Å². The lowest BCUT2D eigenvalue weighted by Crippen LogP contribution is -2.57. The minimum atomic E-state index is -0.602. The standard InChI is InChI=1S/C22H25N3O3/c1-16-12-17(2)14-18(13-16)21-24-28-22(10-6-7-11-22)25(21)23-20(26)15-27-19-8-4-3-5-9-19/h3-5,8-9,12-14H,6-7,10-11,15H2,1-2H3,(H,23,26). The lowest BCUT2D eigenvalue weighted by Gasteiger charge is -2.34. The summed E-state index contributed by atoms with van der Waals surface area (Å²) >= 11 is 0. The number of nitrogens with zero attached hydrogens (tertiary/aromatic N) is 2. The molecule has 4 rings (SSSR count). The monoisotopic (exact) mass is 379 g/mol. The van der Waals surface area contributed by atoms with E-state index in [0.29, 0.717) is 11.6 Å². The first kappa shape index (κ1) is 18.3. The predicted molar refractivity (Wildman–Crippen MR) is 107 cm³/mol. The number of para-hydroxylation sites is 1. The molecule has 2 aromatic carbocycles. The highest BCUT2D eigenvalue weighted by Crippen LogP contribution is 2.40. The quantitative estimate of drug-likeness (QED) is 0.861. The van der Waals surface area contributed by atoms with Gasteiger partial charge in [-0.1, -0.05) is 40.5 Å². The van der Waals surface area contributed by atoms with Crippen LogP contribution < -0.4 is 10.2 Å². The molecule has 146 valence electrons. The van der Waals surface area contributed by atoms with Gasteiger partial charge in [-0.2, -0.15) is 0 Å². The molecule has 0 saturated heterocycles. The topological polar surface area (TPSA) is 63.2 Å². The fourth-order valence-corrected chi connectivity index (χ4v) is 3.91. The smallest absolute Gasteiger partial charge is 0.276 e. The van der Waals surface area contributed by atoms with Gasteiger partial charge in [0.25, 0.3) is 5.91 Å². The average molecular weight is 379 g/mol. The van der Waals surface area contributed by atoms with Crippen LogP contribution in [-0.2, 0) is 9.63 Å². The largest absolute Gasteiger partial charge is 0.484 e.